The van der Waals surface area contributed by atoms with Crippen molar-refractivity contribution in [3.05, 3.63) is 89.0 Å². The summed E-state index contributed by atoms with van der Waals surface area (Å²) in [7, 11) is 1.66. The Morgan fingerprint density at radius 3 is 2.34 bits per heavy atom. The zero-order valence-electron chi connectivity index (χ0n) is 18.3. The second-order valence-corrected chi connectivity index (χ2v) is 9.21. The molecule has 0 aromatic heterocycles. The maximum absolute atomic E-state index is 13.4. The van der Waals surface area contributed by atoms with Crippen LogP contribution in [0.25, 0.3) is 0 Å². The summed E-state index contributed by atoms with van der Waals surface area (Å²) in [5, 5.41) is 0. The molecule has 4 heteroatoms. The summed E-state index contributed by atoms with van der Waals surface area (Å²) in [4.78, 5) is 15.4. The van der Waals surface area contributed by atoms with Crippen LogP contribution >= 0.6 is 0 Å². The first kappa shape index (κ1) is 19.4. The highest BCUT2D eigenvalue weighted by atomic mass is 16.5. The quantitative estimate of drug-likeness (QED) is 0.505. The van der Waals surface area contributed by atoms with Crippen molar-refractivity contribution in [3.63, 3.8) is 0 Å². The molecule has 0 radical (unpaired) electrons. The van der Waals surface area contributed by atoms with Gasteiger partial charge in [0.1, 0.15) is 6.10 Å². The minimum absolute atomic E-state index is 0.0743. The average molecular weight is 426 g/mol. The van der Waals surface area contributed by atoms with Crippen LogP contribution in [0.2, 0.25) is 0 Å². The molecule has 3 aromatic carbocycles. The molecule has 1 unspecified atom stereocenters. The smallest absolute Gasteiger partial charge is 0.259 e. The standard InChI is InChI=1S/C28H27NO3/c1-31-26-13-12-21(17-27(26)32-22-15-19-6-2-3-7-20(19)16-22)29-25(14-18-10-11-18)23-8-4-5-9-24(23)28(29)30/h2-9,12-13,17-18,22,25H,10-11,14-16H2,1H3. The molecule has 2 aliphatic carbocycles. The summed E-state index contributed by atoms with van der Waals surface area (Å²) >= 11 is 0. The summed E-state index contributed by atoms with van der Waals surface area (Å²) in [6, 6.07) is 22.6. The highest BCUT2D eigenvalue weighted by molar-refractivity contribution is 6.11. The van der Waals surface area contributed by atoms with Crippen LogP contribution in [0.5, 0.6) is 11.5 Å². The number of ether oxygens (including phenoxy) is 2. The number of hydrogen-bond acceptors (Lipinski definition) is 3. The Morgan fingerprint density at radius 2 is 1.62 bits per heavy atom. The maximum atomic E-state index is 13.4. The van der Waals surface area contributed by atoms with E-state index in [9.17, 15) is 4.79 Å². The van der Waals surface area contributed by atoms with E-state index >= 15 is 0 Å². The number of methoxy groups -OCH3 is 1. The van der Waals surface area contributed by atoms with E-state index in [4.69, 9.17) is 9.47 Å². The number of nitrogens with zero attached hydrogens (tertiary/aromatic N) is 1. The van der Waals surface area contributed by atoms with Crippen LogP contribution in [-0.4, -0.2) is 19.1 Å². The Bertz CT molecular complexity index is 1160. The van der Waals surface area contributed by atoms with Crippen molar-refractivity contribution in [2.45, 2.75) is 44.2 Å². The van der Waals surface area contributed by atoms with E-state index < -0.39 is 0 Å². The molecule has 3 aliphatic rings. The molecule has 1 saturated carbocycles. The van der Waals surface area contributed by atoms with Crippen LogP contribution in [0, 0.1) is 5.92 Å². The van der Waals surface area contributed by atoms with Crippen LogP contribution in [-0.2, 0) is 12.8 Å². The van der Waals surface area contributed by atoms with Crippen molar-refractivity contribution in [3.8, 4) is 11.5 Å². The lowest BCUT2D eigenvalue weighted by atomic mass is 10.00. The summed E-state index contributed by atoms with van der Waals surface area (Å²) in [6.45, 7) is 0. The average Bonchev–Trinajstić information content (AvgIpc) is 3.48. The fourth-order valence-corrected chi connectivity index (χ4v) is 5.28. The molecular formula is C28H27NO3. The van der Waals surface area contributed by atoms with Crippen LogP contribution in [0.3, 0.4) is 0 Å². The number of amides is 1. The van der Waals surface area contributed by atoms with Gasteiger partial charge in [0.2, 0.25) is 0 Å². The number of fused-ring (bicyclic) bond motifs is 2. The Hall–Kier alpha value is -3.27. The van der Waals surface area contributed by atoms with Crippen molar-refractivity contribution in [1.82, 2.24) is 0 Å². The van der Waals surface area contributed by atoms with Gasteiger partial charge in [0.05, 0.1) is 13.2 Å². The van der Waals surface area contributed by atoms with Gasteiger partial charge in [0, 0.05) is 30.2 Å². The zero-order valence-corrected chi connectivity index (χ0v) is 18.3. The van der Waals surface area contributed by atoms with Crippen molar-refractivity contribution in [1.29, 1.82) is 0 Å². The lowest BCUT2D eigenvalue weighted by Crippen LogP contribution is -2.28. The number of anilines is 1. The lowest BCUT2D eigenvalue weighted by Gasteiger charge is -2.27. The molecule has 0 N–H and O–H groups in total. The van der Waals surface area contributed by atoms with Gasteiger partial charge >= 0.3 is 0 Å². The van der Waals surface area contributed by atoms with Gasteiger partial charge in [0.15, 0.2) is 11.5 Å². The topological polar surface area (TPSA) is 38.8 Å². The number of carbonyl (C=O) groups excluding carboxylic acids is 1. The van der Waals surface area contributed by atoms with E-state index in [0.29, 0.717) is 17.4 Å². The molecule has 3 aromatic rings. The zero-order chi connectivity index (χ0) is 21.7. The Balaban J connectivity index is 1.32. The van der Waals surface area contributed by atoms with Crippen LogP contribution < -0.4 is 14.4 Å². The molecule has 162 valence electrons. The Kier molecular flexibility index (Phi) is 4.67. The molecule has 0 spiro atoms. The molecule has 0 bridgehead atoms. The van der Waals surface area contributed by atoms with Gasteiger partial charge in [-0.15, -0.1) is 0 Å². The van der Waals surface area contributed by atoms with Gasteiger partial charge in [-0.05, 0) is 47.2 Å². The van der Waals surface area contributed by atoms with E-state index in [-0.39, 0.29) is 18.1 Å². The van der Waals surface area contributed by atoms with Gasteiger partial charge in [-0.25, -0.2) is 0 Å². The fraction of sp³-hybridized carbons (Fsp3) is 0.321. The van der Waals surface area contributed by atoms with Gasteiger partial charge in [0.25, 0.3) is 5.91 Å². The van der Waals surface area contributed by atoms with E-state index in [1.807, 2.05) is 41.3 Å². The van der Waals surface area contributed by atoms with E-state index in [1.54, 1.807) is 7.11 Å². The minimum Gasteiger partial charge on any atom is -0.493 e. The second-order valence-electron chi connectivity index (χ2n) is 9.21. The van der Waals surface area contributed by atoms with E-state index in [0.717, 1.165) is 36.1 Å². The van der Waals surface area contributed by atoms with Gasteiger partial charge in [-0.2, -0.15) is 0 Å². The van der Waals surface area contributed by atoms with Crippen molar-refractivity contribution < 1.29 is 14.3 Å². The number of carbonyl (C=O) groups is 1. The lowest BCUT2D eigenvalue weighted by molar-refractivity contribution is 0.0990. The van der Waals surface area contributed by atoms with E-state index in [2.05, 4.69) is 30.3 Å². The second kappa shape index (κ2) is 7.70. The van der Waals surface area contributed by atoms with Crippen LogP contribution in [0.15, 0.2) is 66.7 Å². The van der Waals surface area contributed by atoms with Crippen molar-refractivity contribution in [2.24, 2.45) is 5.92 Å². The first-order valence-corrected chi connectivity index (χ1v) is 11.5. The normalized spacial score (nSPS) is 19.7. The third-order valence-corrected chi connectivity index (χ3v) is 7.07. The summed E-state index contributed by atoms with van der Waals surface area (Å²) < 4.78 is 12.1. The van der Waals surface area contributed by atoms with Gasteiger partial charge in [-0.1, -0.05) is 55.3 Å². The van der Waals surface area contributed by atoms with Crippen molar-refractivity contribution in [2.75, 3.05) is 12.0 Å². The molecule has 1 aliphatic heterocycles. The Labute approximate surface area is 188 Å². The van der Waals surface area contributed by atoms with Crippen LogP contribution in [0.4, 0.5) is 5.69 Å². The Morgan fingerprint density at radius 1 is 0.906 bits per heavy atom. The predicted molar refractivity (Wildman–Crippen MR) is 125 cm³/mol. The molecule has 32 heavy (non-hydrogen) atoms. The maximum Gasteiger partial charge on any atom is 0.259 e. The highest BCUT2D eigenvalue weighted by Crippen LogP contribution is 2.47. The summed E-state index contributed by atoms with van der Waals surface area (Å²) in [5.41, 5.74) is 5.55. The fourth-order valence-electron chi connectivity index (χ4n) is 5.28. The molecule has 1 fully saturated rings. The van der Waals surface area contributed by atoms with Gasteiger partial charge in [-0.3, -0.25) is 4.79 Å². The molecule has 1 heterocycles. The molecule has 0 saturated heterocycles. The monoisotopic (exact) mass is 425 g/mol. The van der Waals surface area contributed by atoms with Gasteiger partial charge < -0.3 is 14.4 Å². The number of benzene rings is 3. The molecular weight excluding hydrogens is 398 g/mol. The van der Waals surface area contributed by atoms with Crippen molar-refractivity contribution >= 4 is 11.6 Å². The van der Waals surface area contributed by atoms with E-state index in [1.165, 1.54) is 24.0 Å². The van der Waals surface area contributed by atoms with Crippen LogP contribution in [0.1, 0.15) is 52.4 Å². The first-order valence-electron chi connectivity index (χ1n) is 11.5. The molecule has 6 rings (SSSR count). The molecule has 4 nitrogen and oxygen atoms in total. The third-order valence-electron chi connectivity index (χ3n) is 7.07. The first-order chi connectivity index (χ1) is 15.7. The number of hydrogen-bond donors (Lipinski definition) is 0. The highest BCUT2D eigenvalue weighted by Gasteiger charge is 2.40. The molecule has 1 atom stereocenters. The largest absolute Gasteiger partial charge is 0.493 e. The summed E-state index contributed by atoms with van der Waals surface area (Å²) in [5.74, 6) is 2.20. The predicted octanol–water partition coefficient (Wildman–Crippen LogP) is 5.74. The minimum atomic E-state index is 0.0743. The third kappa shape index (κ3) is 3.35. The number of rotatable bonds is 6. The SMILES string of the molecule is COc1ccc(N2C(=O)c3ccccc3C2CC2CC2)cc1OC1Cc2ccccc2C1. The summed E-state index contributed by atoms with van der Waals surface area (Å²) in [6.07, 6.45) is 5.40. The molecule has 1 amide bonds.